The number of ether oxygens (including phenoxy) is 1. The Morgan fingerprint density at radius 3 is 2.83 bits per heavy atom. The van der Waals surface area contributed by atoms with E-state index in [1.54, 1.807) is 12.4 Å². The van der Waals surface area contributed by atoms with Crippen LogP contribution in [0.3, 0.4) is 0 Å². The minimum Gasteiger partial charge on any atom is -0.469 e. The molecule has 126 valence electrons. The zero-order valence-electron chi connectivity index (χ0n) is 14.1. The Morgan fingerprint density at radius 1 is 1.33 bits per heavy atom. The fourth-order valence-corrected chi connectivity index (χ4v) is 3.00. The van der Waals surface area contributed by atoms with E-state index in [2.05, 4.69) is 21.8 Å². The highest BCUT2D eigenvalue weighted by Crippen LogP contribution is 2.25. The normalized spacial score (nSPS) is 17.6. The first-order chi connectivity index (χ1) is 11.7. The van der Waals surface area contributed by atoms with Crippen LogP contribution in [0.4, 0.5) is 5.82 Å². The highest BCUT2D eigenvalue weighted by atomic mass is 16.5. The molecule has 1 aliphatic heterocycles. The number of methoxy groups -OCH3 is 1. The van der Waals surface area contributed by atoms with Crippen molar-refractivity contribution in [1.82, 2.24) is 15.0 Å². The summed E-state index contributed by atoms with van der Waals surface area (Å²) in [5, 5.41) is 0. The fourth-order valence-electron chi connectivity index (χ4n) is 3.00. The standard InChI is InChI=1S/C18H22N4O2/c1-3-15-11-16(21-17(20-15)13-6-8-19-9-7-13)22-10-4-5-14(12-22)18(23)24-2/h6-9,11,14H,3-5,10,12H2,1-2H3. The quantitative estimate of drug-likeness (QED) is 0.804. The van der Waals surface area contributed by atoms with Gasteiger partial charge in [0.05, 0.1) is 13.0 Å². The smallest absolute Gasteiger partial charge is 0.310 e. The van der Waals surface area contributed by atoms with Gasteiger partial charge in [-0.1, -0.05) is 6.92 Å². The topological polar surface area (TPSA) is 68.2 Å². The molecule has 0 aliphatic carbocycles. The van der Waals surface area contributed by atoms with E-state index in [0.717, 1.165) is 42.9 Å². The number of pyridine rings is 1. The van der Waals surface area contributed by atoms with Crippen molar-refractivity contribution in [3.63, 3.8) is 0 Å². The van der Waals surface area contributed by atoms with Gasteiger partial charge in [-0.05, 0) is 31.4 Å². The Balaban J connectivity index is 1.91. The average Bonchev–Trinajstić information content (AvgIpc) is 2.67. The van der Waals surface area contributed by atoms with Crippen molar-refractivity contribution < 1.29 is 9.53 Å². The van der Waals surface area contributed by atoms with Gasteiger partial charge >= 0.3 is 5.97 Å². The molecule has 0 bridgehead atoms. The molecule has 3 rings (SSSR count). The molecule has 0 saturated carbocycles. The Morgan fingerprint density at radius 2 is 2.12 bits per heavy atom. The molecule has 0 radical (unpaired) electrons. The molecule has 3 heterocycles. The molecule has 6 nitrogen and oxygen atoms in total. The number of aromatic nitrogens is 3. The molecule has 1 atom stereocenters. The Hall–Kier alpha value is -2.50. The molecule has 6 heteroatoms. The third-order valence-electron chi connectivity index (χ3n) is 4.35. The summed E-state index contributed by atoms with van der Waals surface area (Å²) in [4.78, 5) is 27.4. The second-order valence-corrected chi connectivity index (χ2v) is 5.94. The third kappa shape index (κ3) is 3.53. The molecule has 2 aromatic rings. The summed E-state index contributed by atoms with van der Waals surface area (Å²) in [6.07, 6.45) is 6.14. The van der Waals surface area contributed by atoms with Gasteiger partial charge in [-0.2, -0.15) is 0 Å². The van der Waals surface area contributed by atoms with Crippen molar-refractivity contribution in [3.05, 3.63) is 36.3 Å². The number of piperidine rings is 1. The monoisotopic (exact) mass is 326 g/mol. The molecule has 0 spiro atoms. The van der Waals surface area contributed by atoms with Crippen LogP contribution in [0.5, 0.6) is 0 Å². The van der Waals surface area contributed by atoms with E-state index in [-0.39, 0.29) is 11.9 Å². The zero-order chi connectivity index (χ0) is 16.9. The lowest BCUT2D eigenvalue weighted by molar-refractivity contribution is -0.145. The summed E-state index contributed by atoms with van der Waals surface area (Å²) in [7, 11) is 1.45. The number of hydrogen-bond acceptors (Lipinski definition) is 6. The van der Waals surface area contributed by atoms with Crippen molar-refractivity contribution in [2.75, 3.05) is 25.1 Å². The highest BCUT2D eigenvalue weighted by Gasteiger charge is 2.27. The molecule has 0 N–H and O–H groups in total. The molecule has 24 heavy (non-hydrogen) atoms. The van der Waals surface area contributed by atoms with Crippen molar-refractivity contribution >= 4 is 11.8 Å². The number of esters is 1. The van der Waals surface area contributed by atoms with Crippen LogP contribution in [0.2, 0.25) is 0 Å². The first-order valence-electron chi connectivity index (χ1n) is 8.32. The first-order valence-corrected chi connectivity index (χ1v) is 8.32. The van der Waals surface area contributed by atoms with E-state index in [1.807, 2.05) is 18.2 Å². The number of rotatable bonds is 4. The van der Waals surface area contributed by atoms with Gasteiger partial charge in [-0.15, -0.1) is 0 Å². The lowest BCUT2D eigenvalue weighted by atomic mass is 9.98. The minimum absolute atomic E-state index is 0.0897. The van der Waals surface area contributed by atoms with Crippen molar-refractivity contribution in [2.24, 2.45) is 5.92 Å². The third-order valence-corrected chi connectivity index (χ3v) is 4.35. The summed E-state index contributed by atoms with van der Waals surface area (Å²) in [6.45, 7) is 3.61. The fraction of sp³-hybridized carbons (Fsp3) is 0.444. The van der Waals surface area contributed by atoms with Gasteiger partial charge in [0, 0.05) is 42.8 Å². The first kappa shape index (κ1) is 16.4. The molecule has 1 fully saturated rings. The van der Waals surface area contributed by atoms with Crippen molar-refractivity contribution in [1.29, 1.82) is 0 Å². The number of anilines is 1. The van der Waals surface area contributed by atoms with Crippen LogP contribution in [0.15, 0.2) is 30.6 Å². The van der Waals surface area contributed by atoms with Crippen LogP contribution >= 0.6 is 0 Å². The van der Waals surface area contributed by atoms with Crippen LogP contribution in [0, 0.1) is 5.92 Å². The number of carbonyl (C=O) groups is 1. The Kier molecular flexibility index (Phi) is 5.03. The van der Waals surface area contributed by atoms with E-state index >= 15 is 0 Å². The van der Waals surface area contributed by atoms with Gasteiger partial charge in [-0.3, -0.25) is 9.78 Å². The summed E-state index contributed by atoms with van der Waals surface area (Å²) in [6, 6.07) is 5.84. The maximum absolute atomic E-state index is 11.9. The lowest BCUT2D eigenvalue weighted by Gasteiger charge is -2.32. The summed E-state index contributed by atoms with van der Waals surface area (Å²) < 4.78 is 4.91. The molecule has 1 saturated heterocycles. The van der Waals surface area contributed by atoms with Gasteiger partial charge in [0.15, 0.2) is 5.82 Å². The van der Waals surface area contributed by atoms with Crippen LogP contribution in [-0.4, -0.2) is 41.1 Å². The van der Waals surface area contributed by atoms with E-state index in [1.165, 1.54) is 7.11 Å². The summed E-state index contributed by atoms with van der Waals surface area (Å²) in [5.74, 6) is 1.35. The maximum atomic E-state index is 11.9. The van der Waals surface area contributed by atoms with E-state index in [9.17, 15) is 4.79 Å². The SMILES string of the molecule is CCc1cc(N2CCCC(C(=O)OC)C2)nc(-c2ccncc2)n1. The molecule has 1 aliphatic rings. The largest absolute Gasteiger partial charge is 0.469 e. The lowest BCUT2D eigenvalue weighted by Crippen LogP contribution is -2.39. The number of hydrogen-bond donors (Lipinski definition) is 0. The number of carbonyl (C=O) groups excluding carboxylic acids is 1. The minimum atomic E-state index is -0.140. The predicted octanol–water partition coefficient (Wildman–Crippen LogP) is 2.49. The predicted molar refractivity (Wildman–Crippen MR) is 91.6 cm³/mol. The molecule has 0 amide bonds. The molecule has 0 aromatic carbocycles. The Bertz CT molecular complexity index is 705. The van der Waals surface area contributed by atoms with Gasteiger partial charge in [0.1, 0.15) is 5.82 Å². The van der Waals surface area contributed by atoms with E-state index in [4.69, 9.17) is 9.72 Å². The van der Waals surface area contributed by atoms with Crippen molar-refractivity contribution in [2.45, 2.75) is 26.2 Å². The second-order valence-electron chi connectivity index (χ2n) is 5.94. The van der Waals surface area contributed by atoms with Gasteiger partial charge in [0.25, 0.3) is 0 Å². The van der Waals surface area contributed by atoms with Gasteiger partial charge in [-0.25, -0.2) is 9.97 Å². The maximum Gasteiger partial charge on any atom is 0.310 e. The van der Waals surface area contributed by atoms with Crippen LogP contribution in [0.1, 0.15) is 25.5 Å². The van der Waals surface area contributed by atoms with Crippen LogP contribution in [0.25, 0.3) is 11.4 Å². The van der Waals surface area contributed by atoms with E-state index < -0.39 is 0 Å². The van der Waals surface area contributed by atoms with Gasteiger partial charge < -0.3 is 9.64 Å². The number of nitrogens with zero attached hydrogens (tertiary/aromatic N) is 4. The molecular formula is C18H22N4O2. The molecule has 2 aromatic heterocycles. The zero-order valence-corrected chi connectivity index (χ0v) is 14.1. The van der Waals surface area contributed by atoms with Gasteiger partial charge in [0.2, 0.25) is 0 Å². The van der Waals surface area contributed by atoms with Crippen molar-refractivity contribution in [3.8, 4) is 11.4 Å². The highest BCUT2D eigenvalue weighted by molar-refractivity contribution is 5.73. The Labute approximate surface area is 141 Å². The summed E-state index contributed by atoms with van der Waals surface area (Å²) >= 11 is 0. The molecule has 1 unspecified atom stereocenters. The second kappa shape index (κ2) is 7.38. The van der Waals surface area contributed by atoms with E-state index in [0.29, 0.717) is 12.4 Å². The summed E-state index contributed by atoms with van der Waals surface area (Å²) in [5.41, 5.74) is 1.94. The molecular weight excluding hydrogens is 304 g/mol. The average molecular weight is 326 g/mol. The van der Waals surface area contributed by atoms with Crippen LogP contribution in [-0.2, 0) is 16.0 Å². The number of aryl methyl sites for hydroxylation is 1. The van der Waals surface area contributed by atoms with Crippen LogP contribution < -0.4 is 4.90 Å².